The highest BCUT2D eigenvalue weighted by atomic mass is 15.1. The zero-order valence-electron chi connectivity index (χ0n) is 58.3. The third-order valence-electron chi connectivity index (χ3n) is 22.4. The van der Waals surface area contributed by atoms with E-state index in [-0.39, 0.29) is 5.41 Å². The molecule has 19 aromatic carbocycles. The molecule has 0 unspecified atom stereocenters. The lowest BCUT2D eigenvalue weighted by Gasteiger charge is -2.29. The minimum atomic E-state index is -0.318. The summed E-state index contributed by atoms with van der Waals surface area (Å²) in [5.41, 5.74) is 25.7. The van der Waals surface area contributed by atoms with Crippen molar-refractivity contribution >= 4 is 110 Å². The summed E-state index contributed by atoms with van der Waals surface area (Å²) in [4.78, 5) is 4.87. The zero-order chi connectivity index (χ0) is 69.7. The number of hydrogen-bond donors (Lipinski definition) is 0. The highest BCUT2D eigenvalue weighted by molar-refractivity contribution is 6.11. The average Bonchev–Trinajstić information content (AvgIpc) is 1.59. The normalized spacial score (nSPS) is 12.4. The molecule has 0 atom stereocenters. The quantitative estimate of drug-likeness (QED) is 0.113. The highest BCUT2D eigenvalue weighted by Crippen LogP contribution is 2.53. The number of anilines is 6. The molecule has 105 heavy (non-hydrogen) atoms. The lowest BCUT2D eigenvalue weighted by molar-refractivity contribution is 0.660. The predicted octanol–water partition coefficient (Wildman–Crippen LogP) is 29.0. The van der Waals surface area contributed by atoms with E-state index in [2.05, 4.69) is 412 Å². The van der Waals surface area contributed by atoms with E-state index < -0.39 is 0 Å². The Bertz CT molecular complexity index is 6690. The fourth-order valence-corrected chi connectivity index (χ4v) is 17.1. The van der Waals surface area contributed by atoms with E-state index >= 15 is 0 Å². The summed E-state index contributed by atoms with van der Waals surface area (Å²) in [5, 5.41) is 17.5. The van der Waals surface area contributed by atoms with Gasteiger partial charge in [0.1, 0.15) is 0 Å². The van der Waals surface area contributed by atoms with E-state index in [1.807, 2.05) is 0 Å². The van der Waals surface area contributed by atoms with Crippen LogP contribution in [-0.4, -0.2) is 0 Å². The van der Waals surface area contributed by atoms with Gasteiger partial charge in [0.25, 0.3) is 0 Å². The molecule has 20 rings (SSSR count). The van der Waals surface area contributed by atoms with Gasteiger partial charge in [-0.2, -0.15) is 0 Å². The van der Waals surface area contributed by atoms with Gasteiger partial charge in [-0.1, -0.05) is 311 Å². The molecular weight excluding hydrogens is 1270 g/mol. The Morgan fingerprint density at radius 2 is 0.457 bits per heavy atom. The van der Waals surface area contributed by atoms with Crippen molar-refractivity contribution in [2.75, 3.05) is 9.80 Å². The van der Waals surface area contributed by atoms with Crippen LogP contribution in [0, 0.1) is 0 Å². The molecule has 0 bridgehead atoms. The van der Waals surface area contributed by atoms with E-state index in [4.69, 9.17) is 0 Å². The minimum absolute atomic E-state index is 0.318. The second-order valence-electron chi connectivity index (χ2n) is 28.7. The van der Waals surface area contributed by atoms with Gasteiger partial charge in [-0.3, -0.25) is 0 Å². The molecule has 0 N–H and O–H groups in total. The van der Waals surface area contributed by atoms with E-state index in [1.165, 1.54) is 159 Å². The first-order valence-electron chi connectivity index (χ1n) is 36.5. The molecule has 0 amide bonds. The maximum atomic E-state index is 2.48. The monoisotopic (exact) mass is 1330 g/mol. The van der Waals surface area contributed by atoms with Gasteiger partial charge in [0.15, 0.2) is 0 Å². The smallest absolute Gasteiger partial charge is 0.0467 e. The maximum absolute atomic E-state index is 2.48. The zero-order valence-corrected chi connectivity index (χ0v) is 58.3. The Balaban J connectivity index is 0.648. The van der Waals surface area contributed by atoms with Gasteiger partial charge >= 0.3 is 0 Å². The molecule has 0 spiro atoms. The summed E-state index contributed by atoms with van der Waals surface area (Å²) in [6, 6.07) is 144. The summed E-state index contributed by atoms with van der Waals surface area (Å²) in [6.07, 6.45) is 0. The lowest BCUT2D eigenvalue weighted by Crippen LogP contribution is -2.16. The SMILES string of the molecule is CC1(C)c2cc(-c3ccc(-c4cccc(N(c5ccc(-c6ccc7c(ccc8ccccc87)c6)cc5)c5cccc(-c6cccc7ccccc67)c5)c4)c4ccccc34)ccc2-c2ccc(N(c3ccc(-c4ccc5c(ccc6ccccc65)c4)cc3)c3cccc(-c4cccc5ccccc45)c3)cc21. The van der Waals surface area contributed by atoms with Crippen LogP contribution in [-0.2, 0) is 5.41 Å². The van der Waals surface area contributed by atoms with E-state index in [0.29, 0.717) is 0 Å². The first kappa shape index (κ1) is 61.5. The third-order valence-corrected chi connectivity index (χ3v) is 22.4. The molecule has 492 valence electrons. The van der Waals surface area contributed by atoms with Crippen LogP contribution in [0.25, 0.3) is 153 Å². The first-order valence-corrected chi connectivity index (χ1v) is 36.5. The minimum Gasteiger partial charge on any atom is -0.310 e. The molecule has 0 heterocycles. The number of hydrogen-bond acceptors (Lipinski definition) is 2. The van der Waals surface area contributed by atoms with E-state index in [0.717, 1.165) is 39.7 Å². The topological polar surface area (TPSA) is 6.48 Å². The molecule has 0 saturated carbocycles. The van der Waals surface area contributed by atoms with Crippen LogP contribution in [0.5, 0.6) is 0 Å². The van der Waals surface area contributed by atoms with Crippen LogP contribution >= 0.6 is 0 Å². The van der Waals surface area contributed by atoms with Gasteiger partial charge in [-0.15, -0.1) is 0 Å². The molecular formula is C103H70N2. The Kier molecular flexibility index (Phi) is 14.6. The van der Waals surface area contributed by atoms with Crippen LogP contribution < -0.4 is 9.80 Å². The largest absolute Gasteiger partial charge is 0.310 e. The fourth-order valence-electron chi connectivity index (χ4n) is 17.1. The fraction of sp³-hybridized carbons (Fsp3) is 0.0291. The summed E-state index contributed by atoms with van der Waals surface area (Å²) in [6.45, 7) is 4.83. The van der Waals surface area contributed by atoms with Crippen molar-refractivity contribution in [1.82, 2.24) is 0 Å². The first-order chi connectivity index (χ1) is 51.8. The molecule has 0 radical (unpaired) electrons. The Morgan fingerprint density at radius 3 is 0.914 bits per heavy atom. The Labute approximate surface area is 611 Å². The summed E-state index contributed by atoms with van der Waals surface area (Å²) in [7, 11) is 0. The van der Waals surface area contributed by atoms with E-state index in [9.17, 15) is 0 Å². The molecule has 2 nitrogen and oxygen atoms in total. The summed E-state index contributed by atoms with van der Waals surface area (Å²) in [5.74, 6) is 0. The molecule has 19 aromatic rings. The van der Waals surface area contributed by atoms with Gasteiger partial charge in [0.2, 0.25) is 0 Å². The van der Waals surface area contributed by atoms with Gasteiger partial charge in [-0.25, -0.2) is 0 Å². The molecule has 0 fully saturated rings. The van der Waals surface area contributed by atoms with Crippen molar-refractivity contribution in [2.24, 2.45) is 0 Å². The molecule has 0 aromatic heterocycles. The molecule has 2 heteroatoms. The average molecular weight is 1340 g/mol. The van der Waals surface area contributed by atoms with Gasteiger partial charge in [0.05, 0.1) is 0 Å². The highest BCUT2D eigenvalue weighted by Gasteiger charge is 2.37. The van der Waals surface area contributed by atoms with Crippen LogP contribution in [0.3, 0.4) is 0 Å². The Morgan fingerprint density at radius 1 is 0.162 bits per heavy atom. The van der Waals surface area contributed by atoms with Crippen molar-refractivity contribution in [1.29, 1.82) is 0 Å². The van der Waals surface area contributed by atoms with Gasteiger partial charge < -0.3 is 9.80 Å². The van der Waals surface area contributed by atoms with Crippen LogP contribution in [0.4, 0.5) is 34.1 Å². The van der Waals surface area contributed by atoms with Crippen molar-refractivity contribution < 1.29 is 0 Å². The standard InChI is InChI=1S/C103H70N2/c1-103(2)101-65-80(48-56-99(101)100-57-53-86(66-102(100)103)105(85-29-14-25-76(63-85)92-37-17-23-70-19-4-8-31-88(70)92)82-51-44-68(45-52-82)74-47-55-94-79(61-74)41-39-72-21-6-10-33-90(72)94)96-59-58-95(97-34-11-12-35-98(96)97)77-26-15-28-84(64-77)104(83-27-13-24-75(62-83)91-36-16-22-69-18-3-7-30-87(69)91)81-49-42-67(43-50-81)73-46-54-93-78(60-73)40-38-71-20-5-9-32-89(71)93/h3-66H,1-2H3. The van der Waals surface area contributed by atoms with Crippen molar-refractivity contribution in [3.63, 3.8) is 0 Å². The van der Waals surface area contributed by atoms with Gasteiger partial charge in [0, 0.05) is 39.5 Å². The van der Waals surface area contributed by atoms with E-state index in [1.54, 1.807) is 0 Å². The number of benzene rings is 19. The number of nitrogens with zero attached hydrogens (tertiary/aromatic N) is 2. The molecule has 1 aliphatic carbocycles. The summed E-state index contributed by atoms with van der Waals surface area (Å²) >= 11 is 0. The lowest BCUT2D eigenvalue weighted by atomic mass is 9.81. The second-order valence-corrected chi connectivity index (χ2v) is 28.7. The van der Waals surface area contributed by atoms with Crippen LogP contribution in [0.1, 0.15) is 25.0 Å². The van der Waals surface area contributed by atoms with Crippen molar-refractivity contribution in [2.45, 2.75) is 19.3 Å². The molecule has 0 aliphatic heterocycles. The maximum Gasteiger partial charge on any atom is 0.0467 e. The second kappa shape index (κ2) is 25.0. The predicted molar refractivity (Wildman–Crippen MR) is 449 cm³/mol. The number of rotatable bonds is 12. The Hall–Kier alpha value is -13.4. The van der Waals surface area contributed by atoms with Gasteiger partial charge in [-0.05, 0) is 255 Å². The molecule has 1 aliphatic rings. The van der Waals surface area contributed by atoms with Crippen LogP contribution in [0.2, 0.25) is 0 Å². The number of fused-ring (bicyclic) bond motifs is 12. The molecule has 0 saturated heterocycles. The van der Waals surface area contributed by atoms with Crippen molar-refractivity contribution in [3.8, 4) is 77.9 Å². The summed E-state index contributed by atoms with van der Waals surface area (Å²) < 4.78 is 0. The van der Waals surface area contributed by atoms with Crippen LogP contribution in [0.15, 0.2) is 388 Å². The van der Waals surface area contributed by atoms with Crippen molar-refractivity contribution in [3.05, 3.63) is 399 Å². The third kappa shape index (κ3) is 10.6.